The summed E-state index contributed by atoms with van der Waals surface area (Å²) in [6, 6.07) is 5.87. The number of benzene rings is 1. The second kappa shape index (κ2) is 4.87. The Kier molecular flexibility index (Phi) is 2.87. The van der Waals surface area contributed by atoms with E-state index in [4.69, 9.17) is 4.42 Å². The van der Waals surface area contributed by atoms with Crippen molar-refractivity contribution in [2.24, 2.45) is 0 Å². The molecule has 0 unspecified atom stereocenters. The van der Waals surface area contributed by atoms with Gasteiger partial charge in [-0.3, -0.25) is 10.1 Å². The molecule has 0 spiro atoms. The first-order chi connectivity index (χ1) is 10.3. The molecule has 1 fully saturated rings. The molecule has 1 aromatic carbocycles. The molecule has 4 rings (SSSR count). The maximum absolute atomic E-state index is 12.2. The SMILES string of the molecule is O=C(Nc1nnc(C2CC2)o1)c1ccc2c(c1)CCCN2. The van der Waals surface area contributed by atoms with Crippen LogP contribution < -0.4 is 10.6 Å². The van der Waals surface area contributed by atoms with Gasteiger partial charge in [-0.2, -0.15) is 0 Å². The number of amides is 1. The molecule has 1 aliphatic heterocycles. The van der Waals surface area contributed by atoms with Gasteiger partial charge in [0.1, 0.15) is 0 Å². The number of hydrogen-bond acceptors (Lipinski definition) is 5. The van der Waals surface area contributed by atoms with Crippen LogP contribution in [0.2, 0.25) is 0 Å². The molecule has 21 heavy (non-hydrogen) atoms. The highest BCUT2D eigenvalue weighted by Gasteiger charge is 2.29. The van der Waals surface area contributed by atoms with E-state index < -0.39 is 0 Å². The van der Waals surface area contributed by atoms with E-state index in [2.05, 4.69) is 20.8 Å². The number of carbonyl (C=O) groups is 1. The van der Waals surface area contributed by atoms with Crippen molar-refractivity contribution in [3.63, 3.8) is 0 Å². The minimum atomic E-state index is -0.214. The highest BCUT2D eigenvalue weighted by atomic mass is 16.4. The van der Waals surface area contributed by atoms with Crippen molar-refractivity contribution in [1.29, 1.82) is 0 Å². The lowest BCUT2D eigenvalue weighted by Crippen LogP contribution is -2.15. The van der Waals surface area contributed by atoms with Gasteiger partial charge in [0.15, 0.2) is 0 Å². The van der Waals surface area contributed by atoms with Crippen LogP contribution in [0.3, 0.4) is 0 Å². The van der Waals surface area contributed by atoms with E-state index in [1.54, 1.807) is 0 Å². The molecule has 0 saturated heterocycles. The van der Waals surface area contributed by atoms with Crippen LogP contribution in [-0.2, 0) is 6.42 Å². The van der Waals surface area contributed by atoms with Crippen molar-refractivity contribution < 1.29 is 9.21 Å². The molecule has 0 atom stereocenters. The van der Waals surface area contributed by atoms with Crippen molar-refractivity contribution in [1.82, 2.24) is 10.2 Å². The van der Waals surface area contributed by atoms with Crippen LogP contribution in [0.25, 0.3) is 0 Å². The molecule has 1 amide bonds. The fourth-order valence-corrected chi connectivity index (χ4v) is 2.57. The monoisotopic (exact) mass is 284 g/mol. The quantitative estimate of drug-likeness (QED) is 0.905. The molecule has 0 bridgehead atoms. The van der Waals surface area contributed by atoms with Gasteiger partial charge in [-0.05, 0) is 49.4 Å². The number of rotatable bonds is 3. The maximum atomic E-state index is 12.2. The fraction of sp³-hybridized carbons (Fsp3) is 0.400. The molecule has 1 saturated carbocycles. The predicted molar refractivity (Wildman–Crippen MR) is 77.5 cm³/mol. The van der Waals surface area contributed by atoms with E-state index in [0.717, 1.165) is 37.9 Å². The third-order valence-corrected chi connectivity index (χ3v) is 3.89. The van der Waals surface area contributed by atoms with Crippen LogP contribution in [0.4, 0.5) is 11.7 Å². The van der Waals surface area contributed by atoms with Crippen molar-refractivity contribution >= 4 is 17.6 Å². The lowest BCUT2D eigenvalue weighted by atomic mass is 10.0. The lowest BCUT2D eigenvalue weighted by Gasteiger charge is -2.18. The summed E-state index contributed by atoms with van der Waals surface area (Å²) in [4.78, 5) is 12.2. The zero-order valence-corrected chi connectivity index (χ0v) is 11.6. The number of anilines is 2. The Hall–Kier alpha value is -2.37. The Morgan fingerprint density at radius 2 is 2.24 bits per heavy atom. The summed E-state index contributed by atoms with van der Waals surface area (Å²) in [5.74, 6) is 0.798. The molecule has 2 N–H and O–H groups in total. The first kappa shape index (κ1) is 12.4. The van der Waals surface area contributed by atoms with Gasteiger partial charge in [0.05, 0.1) is 0 Å². The number of hydrogen-bond donors (Lipinski definition) is 2. The largest absolute Gasteiger partial charge is 0.408 e. The van der Waals surface area contributed by atoms with E-state index in [1.807, 2.05) is 18.2 Å². The zero-order valence-electron chi connectivity index (χ0n) is 11.6. The number of aryl methyl sites for hydroxylation is 1. The van der Waals surface area contributed by atoms with E-state index in [1.165, 1.54) is 5.56 Å². The summed E-state index contributed by atoms with van der Waals surface area (Å²) in [6.45, 7) is 0.991. The molecule has 0 radical (unpaired) electrons. The van der Waals surface area contributed by atoms with Crippen molar-refractivity contribution in [2.75, 3.05) is 17.2 Å². The molecule has 6 nitrogen and oxygen atoms in total. The second-order valence-corrected chi connectivity index (χ2v) is 5.58. The van der Waals surface area contributed by atoms with Gasteiger partial charge >= 0.3 is 6.01 Å². The summed E-state index contributed by atoms with van der Waals surface area (Å²) in [7, 11) is 0. The molecule has 2 heterocycles. The number of fused-ring (bicyclic) bond motifs is 1. The van der Waals surface area contributed by atoms with Crippen LogP contribution in [0.15, 0.2) is 22.6 Å². The summed E-state index contributed by atoms with van der Waals surface area (Å²) in [5.41, 5.74) is 2.91. The summed E-state index contributed by atoms with van der Waals surface area (Å²) < 4.78 is 5.45. The van der Waals surface area contributed by atoms with Crippen molar-refractivity contribution in [3.8, 4) is 0 Å². The van der Waals surface area contributed by atoms with Gasteiger partial charge in [-0.1, -0.05) is 5.10 Å². The summed E-state index contributed by atoms with van der Waals surface area (Å²) in [6.07, 6.45) is 4.27. The van der Waals surface area contributed by atoms with Crippen molar-refractivity contribution in [2.45, 2.75) is 31.6 Å². The molecule has 2 aromatic rings. The molecular formula is C15H16N4O2. The van der Waals surface area contributed by atoms with Crippen molar-refractivity contribution in [3.05, 3.63) is 35.2 Å². The third kappa shape index (κ3) is 2.49. The molecule has 2 aliphatic rings. The standard InChI is InChI=1S/C15H16N4O2/c20-13(17-15-19-18-14(21-15)9-3-4-9)11-5-6-12-10(8-11)2-1-7-16-12/h5-6,8-9,16H,1-4,7H2,(H,17,19,20). The van der Waals surface area contributed by atoms with Gasteiger partial charge in [-0.25, -0.2) is 0 Å². The van der Waals surface area contributed by atoms with Crippen LogP contribution >= 0.6 is 0 Å². The van der Waals surface area contributed by atoms with E-state index in [0.29, 0.717) is 17.4 Å². The van der Waals surface area contributed by atoms with E-state index in [-0.39, 0.29) is 11.9 Å². The summed E-state index contributed by atoms with van der Waals surface area (Å²) >= 11 is 0. The lowest BCUT2D eigenvalue weighted by molar-refractivity contribution is 0.102. The molecule has 6 heteroatoms. The fourth-order valence-electron chi connectivity index (χ4n) is 2.57. The van der Waals surface area contributed by atoms with Crippen LogP contribution in [0.1, 0.15) is 47.0 Å². The topological polar surface area (TPSA) is 80.1 Å². The highest BCUT2D eigenvalue weighted by molar-refractivity contribution is 6.03. The average Bonchev–Trinajstić information content (AvgIpc) is 3.27. The first-order valence-electron chi connectivity index (χ1n) is 7.31. The number of nitrogens with one attached hydrogen (secondary N) is 2. The van der Waals surface area contributed by atoms with E-state index >= 15 is 0 Å². The Morgan fingerprint density at radius 3 is 3.10 bits per heavy atom. The molecular weight excluding hydrogens is 268 g/mol. The van der Waals surface area contributed by atoms with Gasteiger partial charge in [0, 0.05) is 23.7 Å². The Labute approximate surface area is 121 Å². The molecule has 1 aromatic heterocycles. The van der Waals surface area contributed by atoms with Gasteiger partial charge in [0.2, 0.25) is 5.89 Å². The van der Waals surface area contributed by atoms with Gasteiger partial charge in [-0.15, -0.1) is 5.10 Å². The Bertz CT molecular complexity index is 691. The zero-order chi connectivity index (χ0) is 14.2. The number of nitrogens with zero attached hydrogens (tertiary/aromatic N) is 2. The predicted octanol–water partition coefficient (Wildman–Crippen LogP) is 2.56. The minimum absolute atomic E-state index is 0.178. The molecule has 108 valence electrons. The Morgan fingerprint density at radius 1 is 1.33 bits per heavy atom. The average molecular weight is 284 g/mol. The minimum Gasteiger partial charge on any atom is -0.408 e. The van der Waals surface area contributed by atoms with Gasteiger partial charge in [0.25, 0.3) is 5.91 Å². The van der Waals surface area contributed by atoms with Crippen LogP contribution in [-0.4, -0.2) is 22.6 Å². The smallest absolute Gasteiger partial charge is 0.322 e. The van der Waals surface area contributed by atoms with Crippen LogP contribution in [0.5, 0.6) is 0 Å². The second-order valence-electron chi connectivity index (χ2n) is 5.58. The van der Waals surface area contributed by atoms with Gasteiger partial charge < -0.3 is 9.73 Å². The third-order valence-electron chi connectivity index (χ3n) is 3.89. The maximum Gasteiger partial charge on any atom is 0.322 e. The highest BCUT2D eigenvalue weighted by Crippen LogP contribution is 2.39. The normalized spacial score (nSPS) is 17.0. The number of aromatic nitrogens is 2. The van der Waals surface area contributed by atoms with E-state index in [9.17, 15) is 4.79 Å². The summed E-state index contributed by atoms with van der Waals surface area (Å²) in [5, 5.41) is 13.8. The molecule has 1 aliphatic carbocycles. The Balaban J connectivity index is 1.50. The van der Waals surface area contributed by atoms with Crippen LogP contribution in [0, 0.1) is 0 Å². The number of carbonyl (C=O) groups excluding carboxylic acids is 1. The first-order valence-corrected chi connectivity index (χ1v) is 7.31.